The predicted molar refractivity (Wildman–Crippen MR) is 90.6 cm³/mol. The summed E-state index contributed by atoms with van der Waals surface area (Å²) in [5, 5.41) is 1.52. The van der Waals surface area contributed by atoms with Crippen LogP contribution in [0.1, 0.15) is 49.7 Å². The van der Waals surface area contributed by atoms with Gasteiger partial charge in [0.2, 0.25) is 0 Å². The van der Waals surface area contributed by atoms with Gasteiger partial charge in [-0.25, -0.2) is 9.97 Å². The summed E-state index contributed by atoms with van der Waals surface area (Å²) < 4.78 is 4.62. The number of aryl methyl sites for hydroxylation is 2. The third kappa shape index (κ3) is 4.65. The number of nitrogens with zero attached hydrogens (tertiary/aromatic N) is 2. The van der Waals surface area contributed by atoms with E-state index in [4.69, 9.17) is 11.6 Å². The first-order valence-electron chi connectivity index (χ1n) is 7.65. The summed E-state index contributed by atoms with van der Waals surface area (Å²) in [6, 6.07) is 2.08. The van der Waals surface area contributed by atoms with Crippen molar-refractivity contribution < 1.29 is 9.53 Å². The van der Waals surface area contributed by atoms with Gasteiger partial charge in [-0.3, -0.25) is 4.79 Å². The molecule has 0 atom stereocenters. The summed E-state index contributed by atoms with van der Waals surface area (Å²) in [5.41, 5.74) is 0. The van der Waals surface area contributed by atoms with Crippen molar-refractivity contribution >= 4 is 39.1 Å². The zero-order chi connectivity index (χ0) is 15.9. The number of ether oxygens (including phenoxy) is 1. The molecule has 0 aliphatic heterocycles. The average Bonchev–Trinajstić information content (AvgIpc) is 2.94. The van der Waals surface area contributed by atoms with Gasteiger partial charge < -0.3 is 4.74 Å². The van der Waals surface area contributed by atoms with Crippen LogP contribution in [0.5, 0.6) is 0 Å². The Balaban J connectivity index is 1.83. The molecule has 0 saturated heterocycles. The highest BCUT2D eigenvalue weighted by atomic mass is 35.5. The zero-order valence-corrected chi connectivity index (χ0v) is 14.6. The maximum absolute atomic E-state index is 11.0. The lowest BCUT2D eigenvalue weighted by Gasteiger charge is -2.02. The lowest BCUT2D eigenvalue weighted by molar-refractivity contribution is -0.140. The van der Waals surface area contributed by atoms with Gasteiger partial charge in [-0.1, -0.05) is 31.4 Å². The van der Waals surface area contributed by atoms with Crippen molar-refractivity contribution in [3.8, 4) is 0 Å². The third-order valence-corrected chi connectivity index (χ3v) is 5.01. The van der Waals surface area contributed by atoms with Crippen LogP contribution in [0, 0.1) is 0 Å². The number of halogens is 1. The molecule has 0 fully saturated rings. The molecule has 120 valence electrons. The fraction of sp³-hybridized carbons (Fsp3) is 0.562. The molecule has 0 unspecified atom stereocenters. The van der Waals surface area contributed by atoms with Crippen LogP contribution in [0.3, 0.4) is 0 Å². The second-order valence-electron chi connectivity index (χ2n) is 5.21. The van der Waals surface area contributed by atoms with Crippen LogP contribution in [0.4, 0.5) is 0 Å². The molecule has 0 bridgehead atoms. The normalized spacial score (nSPS) is 11.0. The number of unbranched alkanes of at least 4 members (excludes halogenated alkanes) is 3. The van der Waals surface area contributed by atoms with E-state index in [2.05, 4.69) is 27.7 Å². The lowest BCUT2D eigenvalue weighted by Crippen LogP contribution is -1.99. The first kappa shape index (κ1) is 17.2. The zero-order valence-electron chi connectivity index (χ0n) is 13.0. The molecule has 6 heteroatoms. The van der Waals surface area contributed by atoms with Gasteiger partial charge in [-0.2, -0.15) is 0 Å². The van der Waals surface area contributed by atoms with Crippen LogP contribution in [0.25, 0.3) is 10.2 Å². The molecular formula is C16H21ClN2O2S. The van der Waals surface area contributed by atoms with Gasteiger partial charge in [-0.15, -0.1) is 11.3 Å². The Morgan fingerprint density at radius 1 is 1.27 bits per heavy atom. The Morgan fingerprint density at radius 3 is 2.77 bits per heavy atom. The minimum atomic E-state index is -0.134. The largest absolute Gasteiger partial charge is 0.469 e. The number of aromatic nitrogens is 2. The Morgan fingerprint density at radius 2 is 2.05 bits per heavy atom. The fourth-order valence-electron chi connectivity index (χ4n) is 2.27. The molecule has 0 aliphatic carbocycles. The van der Waals surface area contributed by atoms with Crippen molar-refractivity contribution in [1.29, 1.82) is 0 Å². The van der Waals surface area contributed by atoms with Crippen LogP contribution in [0.15, 0.2) is 6.07 Å². The summed E-state index contributed by atoms with van der Waals surface area (Å²) in [5.74, 6) is 0.681. The van der Waals surface area contributed by atoms with Crippen LogP contribution in [-0.4, -0.2) is 23.0 Å². The fourth-order valence-corrected chi connectivity index (χ4v) is 3.56. The van der Waals surface area contributed by atoms with Crippen LogP contribution in [0.2, 0.25) is 5.15 Å². The van der Waals surface area contributed by atoms with E-state index in [1.54, 1.807) is 11.3 Å². The van der Waals surface area contributed by atoms with Gasteiger partial charge >= 0.3 is 5.97 Å². The summed E-state index contributed by atoms with van der Waals surface area (Å²) in [6.07, 6.45) is 6.28. The number of carbonyl (C=O) groups is 1. The topological polar surface area (TPSA) is 52.1 Å². The molecule has 0 spiro atoms. The monoisotopic (exact) mass is 340 g/mol. The maximum Gasteiger partial charge on any atom is 0.305 e. The van der Waals surface area contributed by atoms with Crippen molar-refractivity contribution in [3.63, 3.8) is 0 Å². The molecule has 0 saturated carbocycles. The number of esters is 1. The minimum absolute atomic E-state index is 0.134. The van der Waals surface area contributed by atoms with E-state index in [-0.39, 0.29) is 5.97 Å². The summed E-state index contributed by atoms with van der Waals surface area (Å²) in [6.45, 7) is 2.13. The van der Waals surface area contributed by atoms with Crippen molar-refractivity contribution in [2.24, 2.45) is 0 Å². The van der Waals surface area contributed by atoms with Gasteiger partial charge in [0.25, 0.3) is 0 Å². The average molecular weight is 341 g/mol. The number of rotatable bonds is 8. The highest BCUT2D eigenvalue weighted by Crippen LogP contribution is 2.29. The van der Waals surface area contributed by atoms with E-state index in [0.717, 1.165) is 54.6 Å². The van der Waals surface area contributed by atoms with Crippen molar-refractivity contribution in [2.75, 3.05) is 7.11 Å². The molecule has 2 aromatic rings. The Labute approximate surface area is 139 Å². The highest BCUT2D eigenvalue weighted by Gasteiger charge is 2.09. The Kier molecular flexibility index (Phi) is 6.58. The standard InChI is InChI=1S/C16H21ClN2O2S/c1-3-11-10-12-15(17)18-13(19-16(12)22-11)8-6-4-5-7-9-14(20)21-2/h10H,3-9H2,1-2H3. The SMILES string of the molecule is CCc1cc2c(Cl)nc(CCCCCCC(=O)OC)nc2s1. The van der Waals surface area contributed by atoms with Crippen LogP contribution < -0.4 is 0 Å². The van der Waals surface area contributed by atoms with Gasteiger partial charge in [0, 0.05) is 23.1 Å². The summed E-state index contributed by atoms with van der Waals surface area (Å²) >= 11 is 7.94. The van der Waals surface area contributed by atoms with E-state index in [9.17, 15) is 4.79 Å². The number of methoxy groups -OCH3 is 1. The van der Waals surface area contributed by atoms with Gasteiger partial charge in [0.05, 0.1) is 7.11 Å². The number of hydrogen-bond donors (Lipinski definition) is 0. The molecule has 22 heavy (non-hydrogen) atoms. The van der Waals surface area contributed by atoms with Gasteiger partial charge in [0.1, 0.15) is 15.8 Å². The second-order valence-corrected chi connectivity index (χ2v) is 6.68. The van der Waals surface area contributed by atoms with E-state index in [1.165, 1.54) is 12.0 Å². The Hall–Kier alpha value is -1.20. The van der Waals surface area contributed by atoms with Gasteiger partial charge in [0.15, 0.2) is 0 Å². The first-order chi connectivity index (χ1) is 10.6. The quantitative estimate of drug-likeness (QED) is 0.401. The van der Waals surface area contributed by atoms with E-state index < -0.39 is 0 Å². The Bertz CT molecular complexity index is 642. The van der Waals surface area contributed by atoms with E-state index in [1.807, 2.05) is 0 Å². The van der Waals surface area contributed by atoms with E-state index in [0.29, 0.717) is 11.6 Å². The van der Waals surface area contributed by atoms with Crippen LogP contribution in [-0.2, 0) is 22.4 Å². The summed E-state index contributed by atoms with van der Waals surface area (Å²) in [7, 11) is 1.42. The number of carbonyl (C=O) groups excluding carboxylic acids is 1. The maximum atomic E-state index is 11.0. The number of hydrogen-bond acceptors (Lipinski definition) is 5. The van der Waals surface area contributed by atoms with Gasteiger partial charge in [-0.05, 0) is 25.3 Å². The molecule has 4 nitrogen and oxygen atoms in total. The van der Waals surface area contributed by atoms with Crippen molar-refractivity contribution in [1.82, 2.24) is 9.97 Å². The molecule has 0 aliphatic rings. The predicted octanol–water partition coefficient (Wildman–Crippen LogP) is 4.57. The molecular weight excluding hydrogens is 320 g/mol. The van der Waals surface area contributed by atoms with Crippen molar-refractivity contribution in [3.05, 3.63) is 21.9 Å². The molecule has 0 N–H and O–H groups in total. The summed E-state index contributed by atoms with van der Waals surface area (Å²) in [4.78, 5) is 22.3. The smallest absolute Gasteiger partial charge is 0.305 e. The molecule has 2 aromatic heterocycles. The number of fused-ring (bicyclic) bond motifs is 1. The highest BCUT2D eigenvalue weighted by molar-refractivity contribution is 7.18. The van der Waals surface area contributed by atoms with Crippen LogP contribution >= 0.6 is 22.9 Å². The molecule has 2 heterocycles. The lowest BCUT2D eigenvalue weighted by atomic mass is 10.1. The first-order valence-corrected chi connectivity index (χ1v) is 8.85. The second kappa shape index (κ2) is 8.44. The number of thiophene rings is 1. The molecule has 0 aromatic carbocycles. The third-order valence-electron chi connectivity index (χ3n) is 3.55. The molecule has 0 amide bonds. The molecule has 2 rings (SSSR count). The van der Waals surface area contributed by atoms with E-state index >= 15 is 0 Å². The molecule has 0 radical (unpaired) electrons. The van der Waals surface area contributed by atoms with Crippen molar-refractivity contribution in [2.45, 2.75) is 51.9 Å². The minimum Gasteiger partial charge on any atom is -0.469 e.